The van der Waals surface area contributed by atoms with Gasteiger partial charge in [0, 0.05) is 49.9 Å². The fraction of sp³-hybridized carbons (Fsp3) is 0.550. The van der Waals surface area contributed by atoms with E-state index >= 15 is 0 Å². The number of hydrogen-bond donors (Lipinski definition) is 1. The summed E-state index contributed by atoms with van der Waals surface area (Å²) in [6.07, 6.45) is 5.08. The van der Waals surface area contributed by atoms with E-state index in [9.17, 15) is 0 Å². The Kier molecular flexibility index (Phi) is 5.50. The molecule has 1 atom stereocenters. The van der Waals surface area contributed by atoms with E-state index in [4.69, 9.17) is 14.2 Å². The lowest BCUT2D eigenvalue weighted by Crippen LogP contribution is -2.38. The molecule has 1 N–H and O–H groups in total. The molecule has 146 valence electrons. The van der Waals surface area contributed by atoms with Crippen LogP contribution in [0.4, 0.5) is 5.69 Å². The summed E-state index contributed by atoms with van der Waals surface area (Å²) in [4.78, 5) is 2.41. The standard InChI is InChI=1S/C20H28N4O3/c1-15-9-16-10-19(25-2)11-17(20(16)27-15)12-21-18-13-22-24(14-18)4-3-23-5-7-26-8-6-23/h10-11,13-15,21H,3-9,12H2,1-2H3/t15-/m0/s1. The van der Waals surface area contributed by atoms with E-state index in [-0.39, 0.29) is 6.10 Å². The normalized spacial score (nSPS) is 19.6. The van der Waals surface area contributed by atoms with Gasteiger partial charge in [-0.25, -0.2) is 0 Å². The highest BCUT2D eigenvalue weighted by atomic mass is 16.5. The van der Waals surface area contributed by atoms with Crippen LogP contribution in [0.2, 0.25) is 0 Å². The first-order chi connectivity index (χ1) is 13.2. The maximum absolute atomic E-state index is 6.00. The molecular weight excluding hydrogens is 344 g/mol. The SMILES string of the molecule is COc1cc(CNc2cnn(CCN3CCOCC3)c2)c2c(c1)C[C@H](C)O2. The van der Waals surface area contributed by atoms with Crippen molar-refractivity contribution in [2.24, 2.45) is 0 Å². The van der Waals surface area contributed by atoms with Crippen molar-refractivity contribution in [3.63, 3.8) is 0 Å². The third kappa shape index (κ3) is 4.36. The number of morpholine rings is 1. The number of methoxy groups -OCH3 is 1. The molecule has 0 unspecified atom stereocenters. The smallest absolute Gasteiger partial charge is 0.128 e. The van der Waals surface area contributed by atoms with Crippen LogP contribution in [0.15, 0.2) is 24.5 Å². The van der Waals surface area contributed by atoms with E-state index in [2.05, 4.69) is 34.5 Å². The van der Waals surface area contributed by atoms with Crippen molar-refractivity contribution in [3.05, 3.63) is 35.7 Å². The van der Waals surface area contributed by atoms with Crippen LogP contribution >= 0.6 is 0 Å². The highest BCUT2D eigenvalue weighted by molar-refractivity contribution is 5.51. The molecule has 1 fully saturated rings. The number of ether oxygens (including phenoxy) is 3. The number of aromatic nitrogens is 2. The lowest BCUT2D eigenvalue weighted by molar-refractivity contribution is 0.0360. The Morgan fingerprint density at radius 3 is 2.93 bits per heavy atom. The molecule has 7 heteroatoms. The van der Waals surface area contributed by atoms with Gasteiger partial charge in [-0.3, -0.25) is 9.58 Å². The Bertz CT molecular complexity index is 771. The number of rotatable bonds is 7. The van der Waals surface area contributed by atoms with Crippen molar-refractivity contribution in [1.29, 1.82) is 0 Å². The zero-order chi connectivity index (χ0) is 18.6. The molecule has 3 heterocycles. The van der Waals surface area contributed by atoms with E-state index in [0.29, 0.717) is 6.54 Å². The Labute approximate surface area is 160 Å². The first-order valence-corrected chi connectivity index (χ1v) is 9.64. The molecule has 0 aliphatic carbocycles. The number of hydrogen-bond acceptors (Lipinski definition) is 6. The fourth-order valence-electron chi connectivity index (χ4n) is 3.67. The molecule has 0 saturated carbocycles. The minimum absolute atomic E-state index is 0.216. The number of nitrogens with zero attached hydrogens (tertiary/aromatic N) is 3. The van der Waals surface area contributed by atoms with E-state index in [1.807, 2.05) is 16.9 Å². The summed E-state index contributed by atoms with van der Waals surface area (Å²) in [6.45, 7) is 8.34. The molecule has 1 saturated heterocycles. The summed E-state index contributed by atoms with van der Waals surface area (Å²) in [5.41, 5.74) is 3.36. The zero-order valence-corrected chi connectivity index (χ0v) is 16.1. The van der Waals surface area contributed by atoms with Gasteiger partial charge in [0.1, 0.15) is 17.6 Å². The van der Waals surface area contributed by atoms with Crippen LogP contribution in [0.1, 0.15) is 18.1 Å². The van der Waals surface area contributed by atoms with E-state index in [1.165, 1.54) is 5.56 Å². The second-order valence-corrected chi connectivity index (χ2v) is 7.21. The topological polar surface area (TPSA) is 60.8 Å². The maximum Gasteiger partial charge on any atom is 0.128 e. The van der Waals surface area contributed by atoms with Gasteiger partial charge in [0.05, 0.1) is 38.8 Å². The van der Waals surface area contributed by atoms with Crippen molar-refractivity contribution in [3.8, 4) is 11.5 Å². The molecule has 27 heavy (non-hydrogen) atoms. The zero-order valence-electron chi connectivity index (χ0n) is 16.1. The molecule has 0 radical (unpaired) electrons. The van der Waals surface area contributed by atoms with E-state index < -0.39 is 0 Å². The Balaban J connectivity index is 1.35. The van der Waals surface area contributed by atoms with Crippen LogP contribution < -0.4 is 14.8 Å². The number of benzene rings is 1. The van der Waals surface area contributed by atoms with Crippen LogP contribution in [-0.2, 0) is 24.2 Å². The minimum atomic E-state index is 0.216. The largest absolute Gasteiger partial charge is 0.497 e. The van der Waals surface area contributed by atoms with Gasteiger partial charge < -0.3 is 19.5 Å². The first-order valence-electron chi connectivity index (χ1n) is 9.64. The second-order valence-electron chi connectivity index (χ2n) is 7.21. The molecule has 0 amide bonds. The van der Waals surface area contributed by atoms with Crippen molar-refractivity contribution < 1.29 is 14.2 Å². The van der Waals surface area contributed by atoms with Crippen LogP contribution in [-0.4, -0.2) is 60.7 Å². The average Bonchev–Trinajstić information content (AvgIpc) is 3.30. The second kappa shape index (κ2) is 8.19. The molecule has 0 spiro atoms. The molecule has 2 aliphatic heterocycles. The lowest BCUT2D eigenvalue weighted by Gasteiger charge is -2.26. The van der Waals surface area contributed by atoms with E-state index in [0.717, 1.165) is 68.6 Å². The van der Waals surface area contributed by atoms with Crippen molar-refractivity contribution in [2.75, 3.05) is 45.3 Å². The van der Waals surface area contributed by atoms with Gasteiger partial charge in [-0.2, -0.15) is 5.10 Å². The predicted molar refractivity (Wildman–Crippen MR) is 104 cm³/mol. The Morgan fingerprint density at radius 1 is 1.26 bits per heavy atom. The highest BCUT2D eigenvalue weighted by Gasteiger charge is 2.23. The number of anilines is 1. The lowest BCUT2D eigenvalue weighted by atomic mass is 10.1. The molecule has 2 aliphatic rings. The van der Waals surface area contributed by atoms with Gasteiger partial charge in [0.2, 0.25) is 0 Å². The maximum atomic E-state index is 6.00. The molecule has 2 aromatic rings. The van der Waals surface area contributed by atoms with Crippen molar-refractivity contribution in [1.82, 2.24) is 14.7 Å². The molecule has 7 nitrogen and oxygen atoms in total. The predicted octanol–water partition coefficient (Wildman–Crippen LogP) is 2.16. The van der Waals surface area contributed by atoms with Crippen LogP contribution in [0.3, 0.4) is 0 Å². The Hall–Kier alpha value is -2.25. The minimum Gasteiger partial charge on any atom is -0.497 e. The van der Waals surface area contributed by atoms with Gasteiger partial charge in [0.25, 0.3) is 0 Å². The molecule has 1 aromatic heterocycles. The van der Waals surface area contributed by atoms with Crippen LogP contribution in [0.25, 0.3) is 0 Å². The number of nitrogens with one attached hydrogen (secondary N) is 1. The van der Waals surface area contributed by atoms with Crippen molar-refractivity contribution >= 4 is 5.69 Å². The first kappa shape index (κ1) is 18.1. The summed E-state index contributed by atoms with van der Waals surface area (Å²) in [6, 6.07) is 4.12. The van der Waals surface area contributed by atoms with Gasteiger partial charge in [-0.1, -0.05) is 0 Å². The van der Waals surface area contributed by atoms with Gasteiger partial charge in [0.15, 0.2) is 0 Å². The summed E-state index contributed by atoms with van der Waals surface area (Å²) in [5.74, 6) is 1.87. The van der Waals surface area contributed by atoms with Crippen LogP contribution in [0, 0.1) is 0 Å². The summed E-state index contributed by atoms with van der Waals surface area (Å²) < 4.78 is 18.8. The number of fused-ring (bicyclic) bond motifs is 1. The Morgan fingerprint density at radius 2 is 2.11 bits per heavy atom. The van der Waals surface area contributed by atoms with Crippen LogP contribution in [0.5, 0.6) is 11.5 Å². The third-order valence-corrected chi connectivity index (χ3v) is 5.14. The summed E-state index contributed by atoms with van der Waals surface area (Å²) in [5, 5.41) is 7.93. The average molecular weight is 372 g/mol. The van der Waals surface area contributed by atoms with Gasteiger partial charge >= 0.3 is 0 Å². The monoisotopic (exact) mass is 372 g/mol. The fourth-order valence-corrected chi connectivity index (χ4v) is 3.67. The molecular formula is C20H28N4O3. The van der Waals surface area contributed by atoms with Gasteiger partial charge in [-0.05, 0) is 19.1 Å². The molecule has 1 aromatic carbocycles. The molecule has 0 bridgehead atoms. The summed E-state index contributed by atoms with van der Waals surface area (Å²) in [7, 11) is 1.71. The molecule has 4 rings (SSSR count). The van der Waals surface area contributed by atoms with Gasteiger partial charge in [-0.15, -0.1) is 0 Å². The summed E-state index contributed by atoms with van der Waals surface area (Å²) >= 11 is 0. The van der Waals surface area contributed by atoms with Crippen molar-refractivity contribution in [2.45, 2.75) is 32.5 Å². The third-order valence-electron chi connectivity index (χ3n) is 5.14. The van der Waals surface area contributed by atoms with E-state index in [1.54, 1.807) is 7.11 Å². The quantitative estimate of drug-likeness (QED) is 0.804. The highest BCUT2D eigenvalue weighted by Crippen LogP contribution is 2.36.